The van der Waals surface area contributed by atoms with E-state index in [4.69, 9.17) is 11.6 Å². The van der Waals surface area contributed by atoms with Crippen molar-refractivity contribution in [1.29, 1.82) is 0 Å². The first-order chi connectivity index (χ1) is 6.56. The van der Waals surface area contributed by atoms with Crippen LogP contribution in [0.4, 0.5) is 0 Å². The summed E-state index contributed by atoms with van der Waals surface area (Å²) in [7, 11) is 1.29. The average molecular weight is 215 g/mol. The van der Waals surface area contributed by atoms with Crippen LogP contribution in [0, 0.1) is 0 Å². The van der Waals surface area contributed by atoms with Gasteiger partial charge in [-0.2, -0.15) is 0 Å². The summed E-state index contributed by atoms with van der Waals surface area (Å²) < 4.78 is 4.54. The van der Waals surface area contributed by atoms with Gasteiger partial charge in [0.25, 0.3) is 0 Å². The number of carbonyl (C=O) groups is 1. The first-order valence-electron chi connectivity index (χ1n) is 4.17. The van der Waals surface area contributed by atoms with Crippen molar-refractivity contribution in [3.8, 4) is 0 Å². The topological polar surface area (TPSA) is 52.1 Å². The molecule has 0 atom stereocenters. The molecule has 1 heterocycles. The fourth-order valence-corrected chi connectivity index (χ4v) is 1.07. The number of esters is 1. The minimum atomic E-state index is -0.542. The third-order valence-electron chi connectivity index (χ3n) is 1.66. The Bertz CT molecular complexity index is 353. The Hall–Kier alpha value is -1.16. The predicted octanol–water partition coefficient (Wildman–Crippen LogP) is 2.04. The van der Waals surface area contributed by atoms with E-state index in [1.165, 1.54) is 13.3 Å². The van der Waals surface area contributed by atoms with Gasteiger partial charge >= 0.3 is 5.97 Å². The van der Waals surface area contributed by atoms with Gasteiger partial charge in [0, 0.05) is 5.92 Å². The summed E-state index contributed by atoms with van der Waals surface area (Å²) in [5.74, 6) is 0.185. The molecule has 5 heteroatoms. The van der Waals surface area contributed by atoms with Crippen molar-refractivity contribution in [2.75, 3.05) is 7.11 Å². The number of hydrogen-bond acceptors (Lipinski definition) is 4. The lowest BCUT2D eigenvalue weighted by atomic mass is 10.2. The maximum absolute atomic E-state index is 11.2. The second-order valence-corrected chi connectivity index (χ2v) is 3.48. The third kappa shape index (κ3) is 2.20. The molecule has 0 aliphatic carbocycles. The molecule has 0 aliphatic rings. The van der Waals surface area contributed by atoms with Gasteiger partial charge in [-0.3, -0.25) is 0 Å². The molecule has 76 valence electrons. The van der Waals surface area contributed by atoms with E-state index in [1.807, 2.05) is 13.8 Å². The Labute approximate surface area is 87.3 Å². The van der Waals surface area contributed by atoms with Gasteiger partial charge in [0.15, 0.2) is 5.69 Å². The molecular weight excluding hydrogens is 204 g/mol. The Kier molecular flexibility index (Phi) is 3.41. The molecule has 0 spiro atoms. The number of aromatic nitrogens is 2. The molecule has 14 heavy (non-hydrogen) atoms. The van der Waals surface area contributed by atoms with Crippen LogP contribution in [-0.4, -0.2) is 23.0 Å². The van der Waals surface area contributed by atoms with Crippen LogP contribution in [-0.2, 0) is 4.74 Å². The average Bonchev–Trinajstić information content (AvgIpc) is 2.17. The predicted molar refractivity (Wildman–Crippen MR) is 52.5 cm³/mol. The van der Waals surface area contributed by atoms with E-state index >= 15 is 0 Å². The highest BCUT2D eigenvalue weighted by Crippen LogP contribution is 2.16. The lowest BCUT2D eigenvalue weighted by Crippen LogP contribution is -2.09. The van der Waals surface area contributed by atoms with Gasteiger partial charge in [-0.15, -0.1) is 0 Å². The highest BCUT2D eigenvalue weighted by atomic mass is 35.5. The van der Waals surface area contributed by atoms with Crippen molar-refractivity contribution in [3.05, 3.63) is 22.7 Å². The monoisotopic (exact) mass is 214 g/mol. The van der Waals surface area contributed by atoms with Gasteiger partial charge in [-0.05, 0) is 0 Å². The maximum atomic E-state index is 11.2. The van der Waals surface area contributed by atoms with Crippen molar-refractivity contribution in [1.82, 2.24) is 9.97 Å². The molecule has 0 amide bonds. The fraction of sp³-hybridized carbons (Fsp3) is 0.444. The van der Waals surface area contributed by atoms with Gasteiger partial charge in [0.1, 0.15) is 5.82 Å². The zero-order valence-corrected chi connectivity index (χ0v) is 9.00. The van der Waals surface area contributed by atoms with Crippen LogP contribution in [0.2, 0.25) is 5.02 Å². The largest absolute Gasteiger partial charge is 0.464 e. The summed E-state index contributed by atoms with van der Waals surface area (Å²) in [5, 5.41) is 0.209. The summed E-state index contributed by atoms with van der Waals surface area (Å²) in [6.07, 6.45) is 1.41. The Balaban J connectivity index is 3.15. The summed E-state index contributed by atoms with van der Waals surface area (Å²) >= 11 is 5.75. The summed E-state index contributed by atoms with van der Waals surface area (Å²) in [6, 6.07) is 0. The highest BCUT2D eigenvalue weighted by molar-refractivity contribution is 6.33. The van der Waals surface area contributed by atoms with Crippen LogP contribution in [0.25, 0.3) is 0 Å². The van der Waals surface area contributed by atoms with E-state index in [9.17, 15) is 4.79 Å². The molecule has 0 unspecified atom stereocenters. The minimum Gasteiger partial charge on any atom is -0.464 e. The highest BCUT2D eigenvalue weighted by Gasteiger charge is 2.15. The van der Waals surface area contributed by atoms with Gasteiger partial charge in [-0.1, -0.05) is 25.4 Å². The molecule has 0 fully saturated rings. The van der Waals surface area contributed by atoms with Crippen molar-refractivity contribution in [2.24, 2.45) is 0 Å². The number of methoxy groups -OCH3 is 1. The number of hydrogen-bond donors (Lipinski definition) is 0. The van der Waals surface area contributed by atoms with Gasteiger partial charge in [0.2, 0.25) is 0 Å². The molecule has 0 bridgehead atoms. The van der Waals surface area contributed by atoms with E-state index in [2.05, 4.69) is 14.7 Å². The van der Waals surface area contributed by atoms with Crippen LogP contribution in [0.3, 0.4) is 0 Å². The normalized spacial score (nSPS) is 10.4. The molecule has 1 aromatic heterocycles. The van der Waals surface area contributed by atoms with Crippen molar-refractivity contribution < 1.29 is 9.53 Å². The van der Waals surface area contributed by atoms with Crippen LogP contribution in [0.1, 0.15) is 36.1 Å². The number of carbonyl (C=O) groups excluding carboxylic acids is 1. The van der Waals surface area contributed by atoms with E-state index in [1.54, 1.807) is 0 Å². The van der Waals surface area contributed by atoms with Crippen molar-refractivity contribution in [2.45, 2.75) is 19.8 Å². The second-order valence-electron chi connectivity index (χ2n) is 3.07. The van der Waals surface area contributed by atoms with Crippen molar-refractivity contribution in [3.63, 3.8) is 0 Å². The van der Waals surface area contributed by atoms with E-state index in [0.717, 1.165) is 0 Å². The molecule has 0 saturated carbocycles. The lowest BCUT2D eigenvalue weighted by molar-refractivity contribution is 0.0593. The van der Waals surface area contributed by atoms with Crippen LogP contribution < -0.4 is 0 Å². The fourth-order valence-electron chi connectivity index (χ4n) is 0.899. The Morgan fingerprint density at radius 1 is 1.57 bits per heavy atom. The second kappa shape index (κ2) is 4.37. The van der Waals surface area contributed by atoms with Crippen LogP contribution >= 0.6 is 11.6 Å². The molecule has 0 aromatic carbocycles. The lowest BCUT2D eigenvalue weighted by Gasteiger charge is -2.06. The standard InChI is InChI=1S/C9H11ClN2O2/c1-5(2)8-11-4-6(10)7(12-8)9(13)14-3/h4-5H,1-3H3. The minimum absolute atomic E-state index is 0.118. The van der Waals surface area contributed by atoms with Gasteiger partial charge < -0.3 is 4.74 Å². The zero-order chi connectivity index (χ0) is 10.7. The molecule has 4 nitrogen and oxygen atoms in total. The van der Waals surface area contributed by atoms with Gasteiger partial charge in [0.05, 0.1) is 18.3 Å². The first-order valence-corrected chi connectivity index (χ1v) is 4.54. The smallest absolute Gasteiger partial charge is 0.358 e. The van der Waals surface area contributed by atoms with Gasteiger partial charge in [-0.25, -0.2) is 14.8 Å². The number of ether oxygens (including phenoxy) is 1. The molecule has 0 N–H and O–H groups in total. The first kappa shape index (κ1) is 10.9. The maximum Gasteiger partial charge on any atom is 0.358 e. The van der Waals surface area contributed by atoms with E-state index in [-0.39, 0.29) is 16.6 Å². The zero-order valence-electron chi connectivity index (χ0n) is 8.24. The third-order valence-corrected chi connectivity index (χ3v) is 1.93. The molecule has 0 saturated heterocycles. The van der Waals surface area contributed by atoms with Crippen LogP contribution in [0.5, 0.6) is 0 Å². The Morgan fingerprint density at radius 2 is 2.21 bits per heavy atom. The molecular formula is C9H11ClN2O2. The number of halogens is 1. The SMILES string of the molecule is COC(=O)c1nc(C(C)C)ncc1Cl. The number of nitrogens with zero attached hydrogens (tertiary/aromatic N) is 2. The summed E-state index contributed by atoms with van der Waals surface area (Å²) in [4.78, 5) is 19.2. The molecule has 1 rings (SSSR count). The quantitative estimate of drug-likeness (QED) is 0.707. The number of rotatable bonds is 2. The van der Waals surface area contributed by atoms with E-state index < -0.39 is 5.97 Å². The molecule has 0 radical (unpaired) electrons. The summed E-state index contributed by atoms with van der Waals surface area (Å²) in [5.41, 5.74) is 0.118. The Morgan fingerprint density at radius 3 is 2.71 bits per heavy atom. The summed E-state index contributed by atoms with van der Waals surface area (Å²) in [6.45, 7) is 3.87. The van der Waals surface area contributed by atoms with E-state index in [0.29, 0.717) is 5.82 Å². The van der Waals surface area contributed by atoms with Crippen LogP contribution in [0.15, 0.2) is 6.20 Å². The molecule has 0 aliphatic heterocycles. The van der Waals surface area contributed by atoms with Crippen molar-refractivity contribution >= 4 is 17.6 Å². The molecule has 1 aromatic rings.